The lowest BCUT2D eigenvalue weighted by Crippen LogP contribution is -2.37. The van der Waals surface area contributed by atoms with Crippen LogP contribution >= 0.6 is 11.6 Å². The Kier molecular flexibility index (Phi) is 5.79. The molecule has 6 nitrogen and oxygen atoms in total. The average Bonchev–Trinajstić information content (AvgIpc) is 2.69. The lowest BCUT2D eigenvalue weighted by molar-refractivity contribution is -0.151. The molecule has 3 aromatic rings. The summed E-state index contributed by atoms with van der Waals surface area (Å²) in [6.45, 7) is 2.49. The van der Waals surface area contributed by atoms with E-state index in [0.717, 1.165) is 5.56 Å². The zero-order valence-corrected chi connectivity index (χ0v) is 17.1. The summed E-state index contributed by atoms with van der Waals surface area (Å²) >= 11 is 6.36. The highest BCUT2D eigenvalue weighted by atomic mass is 35.5. The van der Waals surface area contributed by atoms with Crippen molar-refractivity contribution >= 4 is 28.5 Å². The molecule has 1 aliphatic carbocycles. The zero-order valence-electron chi connectivity index (χ0n) is 16.4. The maximum absolute atomic E-state index is 12.6. The molecule has 0 saturated heterocycles. The molecule has 7 heteroatoms. The number of aryl methyl sites for hydroxylation is 1. The molecule has 0 bridgehead atoms. The van der Waals surface area contributed by atoms with Gasteiger partial charge in [0.15, 0.2) is 11.0 Å². The van der Waals surface area contributed by atoms with Crippen molar-refractivity contribution < 1.29 is 23.8 Å². The van der Waals surface area contributed by atoms with Crippen molar-refractivity contribution in [1.82, 2.24) is 0 Å². The Balaban J connectivity index is 1.49. The molecule has 4 rings (SSSR count). The number of carbonyl (C=O) groups is 1. The van der Waals surface area contributed by atoms with E-state index in [-0.39, 0.29) is 17.5 Å². The number of carboxylic acid groups (broad SMARTS) is 1. The average molecular weight is 429 g/mol. The predicted octanol–water partition coefficient (Wildman–Crippen LogP) is 4.68. The highest BCUT2D eigenvalue weighted by Gasteiger charge is 2.34. The van der Waals surface area contributed by atoms with Gasteiger partial charge in [-0.05, 0) is 43.5 Å². The molecule has 0 spiro atoms. The number of aliphatic carboxylic acids is 1. The van der Waals surface area contributed by atoms with Crippen LogP contribution in [0.1, 0.15) is 18.4 Å². The van der Waals surface area contributed by atoms with Gasteiger partial charge in [0.2, 0.25) is 0 Å². The minimum absolute atomic E-state index is 0.0335. The van der Waals surface area contributed by atoms with Gasteiger partial charge in [-0.15, -0.1) is 0 Å². The molecule has 1 saturated carbocycles. The third kappa shape index (κ3) is 4.06. The van der Waals surface area contributed by atoms with E-state index in [1.165, 1.54) is 6.07 Å². The summed E-state index contributed by atoms with van der Waals surface area (Å²) in [5, 5.41) is 9.76. The molecule has 156 valence electrons. The lowest BCUT2D eigenvalue weighted by atomic mass is 9.82. The molecule has 0 unspecified atom stereocenters. The fraction of sp³-hybridized carbons (Fsp3) is 0.304. The van der Waals surface area contributed by atoms with Crippen LogP contribution in [-0.2, 0) is 9.53 Å². The Bertz CT molecular complexity index is 1150. The fourth-order valence-corrected chi connectivity index (χ4v) is 3.69. The minimum atomic E-state index is -0.771. The number of carboxylic acids is 1. The molecule has 0 radical (unpaired) electrons. The van der Waals surface area contributed by atoms with Crippen molar-refractivity contribution in [3.63, 3.8) is 0 Å². The molecule has 1 N–H and O–H groups in total. The number of hydrogen-bond donors (Lipinski definition) is 1. The second kappa shape index (κ2) is 8.50. The topological polar surface area (TPSA) is 86.0 Å². The van der Waals surface area contributed by atoms with Crippen LogP contribution in [0.15, 0.2) is 51.7 Å². The van der Waals surface area contributed by atoms with Crippen molar-refractivity contribution in [3.05, 3.63) is 63.3 Å². The Hall–Kier alpha value is -2.83. The molecule has 2 aromatic carbocycles. The van der Waals surface area contributed by atoms with Gasteiger partial charge in [0.05, 0.1) is 34.6 Å². The SMILES string of the molecule is Cc1ccc2c(=O)cc(-c3ccccc3OCCO[C@H]3C[C@@H](C(=O)O)C3)oc2c1Cl. The summed E-state index contributed by atoms with van der Waals surface area (Å²) in [5.74, 6) is -0.140. The monoisotopic (exact) mass is 428 g/mol. The third-order valence-electron chi connectivity index (χ3n) is 5.32. The first-order valence-electron chi connectivity index (χ1n) is 9.73. The van der Waals surface area contributed by atoms with Crippen LogP contribution in [-0.4, -0.2) is 30.4 Å². The van der Waals surface area contributed by atoms with Gasteiger partial charge in [0.25, 0.3) is 0 Å². The van der Waals surface area contributed by atoms with Crippen LogP contribution in [0.4, 0.5) is 0 Å². The largest absolute Gasteiger partial charge is 0.490 e. The molecular weight excluding hydrogens is 408 g/mol. The van der Waals surface area contributed by atoms with Crippen molar-refractivity contribution in [1.29, 1.82) is 0 Å². The van der Waals surface area contributed by atoms with E-state index in [1.807, 2.05) is 25.1 Å². The number of hydrogen-bond acceptors (Lipinski definition) is 5. The molecule has 1 aromatic heterocycles. The summed E-state index contributed by atoms with van der Waals surface area (Å²) in [4.78, 5) is 23.4. The third-order valence-corrected chi connectivity index (χ3v) is 5.79. The Labute approximate surface area is 178 Å². The molecule has 0 aliphatic heterocycles. The van der Waals surface area contributed by atoms with Gasteiger partial charge in [0.1, 0.15) is 18.1 Å². The molecule has 30 heavy (non-hydrogen) atoms. The highest BCUT2D eigenvalue weighted by Crippen LogP contribution is 2.34. The Morgan fingerprint density at radius 1 is 1.20 bits per heavy atom. The van der Waals surface area contributed by atoms with E-state index in [1.54, 1.807) is 18.2 Å². The quantitative estimate of drug-likeness (QED) is 0.550. The zero-order chi connectivity index (χ0) is 21.3. The Morgan fingerprint density at radius 3 is 2.73 bits per heavy atom. The van der Waals surface area contributed by atoms with Crippen molar-refractivity contribution in [2.45, 2.75) is 25.9 Å². The van der Waals surface area contributed by atoms with Gasteiger partial charge < -0.3 is 19.0 Å². The number of fused-ring (bicyclic) bond motifs is 1. The van der Waals surface area contributed by atoms with Crippen LogP contribution < -0.4 is 10.2 Å². The first-order valence-corrected chi connectivity index (χ1v) is 10.1. The van der Waals surface area contributed by atoms with Gasteiger partial charge in [-0.25, -0.2) is 0 Å². The first kappa shape index (κ1) is 20.4. The predicted molar refractivity (Wildman–Crippen MR) is 113 cm³/mol. The van der Waals surface area contributed by atoms with Crippen LogP contribution in [0.5, 0.6) is 5.75 Å². The van der Waals surface area contributed by atoms with Crippen LogP contribution in [0, 0.1) is 12.8 Å². The Morgan fingerprint density at radius 2 is 1.97 bits per heavy atom. The van der Waals surface area contributed by atoms with Gasteiger partial charge in [-0.2, -0.15) is 0 Å². The summed E-state index contributed by atoms with van der Waals surface area (Å²) in [7, 11) is 0. The van der Waals surface area contributed by atoms with E-state index in [2.05, 4.69) is 0 Å². The number of halogens is 1. The van der Waals surface area contributed by atoms with Crippen molar-refractivity contribution in [3.8, 4) is 17.1 Å². The molecule has 1 aliphatic rings. The van der Waals surface area contributed by atoms with Gasteiger partial charge in [0, 0.05) is 6.07 Å². The molecule has 0 atom stereocenters. The fourth-order valence-electron chi connectivity index (χ4n) is 3.48. The van der Waals surface area contributed by atoms with E-state index < -0.39 is 5.97 Å². The van der Waals surface area contributed by atoms with Gasteiger partial charge in [-0.1, -0.05) is 29.8 Å². The van der Waals surface area contributed by atoms with Crippen LogP contribution in [0.25, 0.3) is 22.3 Å². The van der Waals surface area contributed by atoms with Crippen LogP contribution in [0.2, 0.25) is 5.02 Å². The standard InChI is InChI=1S/C23H21ClO6/c1-13-6-7-16-18(25)12-20(30-22(16)21(13)24)17-4-2-3-5-19(17)29-9-8-28-15-10-14(11-15)23(26)27/h2-7,12,14-15H,8-11H2,1H3,(H,26,27)/t14-,15+. The second-order valence-electron chi connectivity index (χ2n) is 7.39. The number of ether oxygens (including phenoxy) is 2. The first-order chi connectivity index (χ1) is 14.4. The lowest BCUT2D eigenvalue weighted by Gasteiger charge is -2.32. The summed E-state index contributed by atoms with van der Waals surface area (Å²) < 4.78 is 17.5. The molecular formula is C23H21ClO6. The van der Waals surface area contributed by atoms with E-state index >= 15 is 0 Å². The maximum Gasteiger partial charge on any atom is 0.306 e. The van der Waals surface area contributed by atoms with Crippen molar-refractivity contribution in [2.24, 2.45) is 5.92 Å². The van der Waals surface area contributed by atoms with Crippen molar-refractivity contribution in [2.75, 3.05) is 13.2 Å². The van der Waals surface area contributed by atoms with E-state index in [0.29, 0.717) is 59.1 Å². The summed E-state index contributed by atoms with van der Waals surface area (Å²) in [6.07, 6.45) is 1.04. The molecule has 0 amide bonds. The maximum atomic E-state index is 12.6. The van der Waals surface area contributed by atoms with Gasteiger partial charge in [-0.3, -0.25) is 9.59 Å². The van der Waals surface area contributed by atoms with Gasteiger partial charge >= 0.3 is 5.97 Å². The molecule has 1 fully saturated rings. The number of para-hydroxylation sites is 1. The smallest absolute Gasteiger partial charge is 0.306 e. The second-order valence-corrected chi connectivity index (χ2v) is 7.77. The van der Waals surface area contributed by atoms with E-state index in [4.69, 9.17) is 30.6 Å². The van der Waals surface area contributed by atoms with Crippen LogP contribution in [0.3, 0.4) is 0 Å². The highest BCUT2D eigenvalue weighted by molar-refractivity contribution is 6.35. The summed E-state index contributed by atoms with van der Waals surface area (Å²) in [5.41, 5.74) is 1.65. The normalized spacial score (nSPS) is 18.2. The van der Waals surface area contributed by atoms with E-state index in [9.17, 15) is 9.59 Å². The summed E-state index contributed by atoms with van der Waals surface area (Å²) in [6, 6.07) is 12.2. The minimum Gasteiger partial charge on any atom is -0.490 e. The molecule has 1 heterocycles. The number of rotatable bonds is 7. The number of benzene rings is 2.